The molecule has 0 amide bonds. The highest BCUT2D eigenvalue weighted by Crippen LogP contribution is 2.25. The van der Waals surface area contributed by atoms with Gasteiger partial charge in [-0.1, -0.05) is 30.3 Å². The average Bonchev–Trinajstić information content (AvgIpc) is 2.76. The maximum atomic E-state index is 13.7. The van der Waals surface area contributed by atoms with Gasteiger partial charge >= 0.3 is 0 Å². The molecule has 1 heterocycles. The lowest BCUT2D eigenvalue weighted by molar-refractivity contribution is 0.619. The Morgan fingerprint density at radius 2 is 1.95 bits per heavy atom. The highest BCUT2D eigenvalue weighted by Gasteiger charge is 2.11. The normalized spacial score (nSPS) is 11.1. The first-order valence-corrected chi connectivity index (χ1v) is 7.59. The molecule has 0 fully saturated rings. The van der Waals surface area contributed by atoms with E-state index >= 15 is 0 Å². The average molecular weight is 348 g/mol. The molecule has 3 nitrogen and oxygen atoms in total. The van der Waals surface area contributed by atoms with Crippen molar-refractivity contribution in [2.75, 3.05) is 5.73 Å². The van der Waals surface area contributed by atoms with Gasteiger partial charge in [0.05, 0.1) is 15.5 Å². The number of imidazole rings is 1. The van der Waals surface area contributed by atoms with E-state index in [2.05, 4.69) is 33.0 Å². The number of benzene rings is 2. The number of fused-ring (bicyclic) bond motifs is 1. The van der Waals surface area contributed by atoms with Crippen LogP contribution >= 0.6 is 15.9 Å². The summed E-state index contributed by atoms with van der Waals surface area (Å²) >= 11 is 3.17. The monoisotopic (exact) mass is 347 g/mol. The van der Waals surface area contributed by atoms with Gasteiger partial charge in [0.2, 0.25) is 5.95 Å². The van der Waals surface area contributed by atoms with Crippen LogP contribution in [0.4, 0.5) is 10.3 Å². The van der Waals surface area contributed by atoms with Gasteiger partial charge in [-0.3, -0.25) is 0 Å². The number of hydrogen-bond acceptors (Lipinski definition) is 2. The van der Waals surface area contributed by atoms with Crippen LogP contribution in [-0.2, 0) is 13.0 Å². The van der Waals surface area contributed by atoms with Gasteiger partial charge in [-0.2, -0.15) is 0 Å². The molecule has 1 aromatic heterocycles. The summed E-state index contributed by atoms with van der Waals surface area (Å²) in [5.74, 6) is 0.127. The summed E-state index contributed by atoms with van der Waals surface area (Å²) in [5.41, 5.74) is 8.68. The predicted octanol–water partition coefficient (Wildman–Crippen LogP) is 4.15. The Kier molecular flexibility index (Phi) is 3.92. The summed E-state index contributed by atoms with van der Waals surface area (Å²) in [6, 6.07) is 13.4. The van der Waals surface area contributed by atoms with E-state index in [1.807, 2.05) is 22.8 Å². The van der Waals surface area contributed by atoms with Gasteiger partial charge in [0.25, 0.3) is 0 Å². The lowest BCUT2D eigenvalue weighted by Crippen LogP contribution is -2.04. The first-order valence-electron chi connectivity index (χ1n) is 6.80. The fraction of sp³-hybridized carbons (Fsp3) is 0.188. The van der Waals surface area contributed by atoms with E-state index < -0.39 is 0 Å². The summed E-state index contributed by atoms with van der Waals surface area (Å²) in [6.45, 7) is 0.721. The van der Waals surface area contributed by atoms with Crippen LogP contribution in [-0.4, -0.2) is 9.55 Å². The molecule has 3 aromatic rings. The van der Waals surface area contributed by atoms with Gasteiger partial charge in [-0.25, -0.2) is 9.37 Å². The second-order valence-electron chi connectivity index (χ2n) is 4.97. The van der Waals surface area contributed by atoms with Gasteiger partial charge in [0.15, 0.2) is 0 Å². The van der Waals surface area contributed by atoms with Crippen molar-refractivity contribution >= 4 is 32.9 Å². The van der Waals surface area contributed by atoms with Gasteiger partial charge in [-0.05, 0) is 40.4 Å². The molecule has 0 aliphatic carbocycles. The Hall–Kier alpha value is -1.88. The minimum absolute atomic E-state index is 0.299. The fourth-order valence-electron chi connectivity index (χ4n) is 2.46. The molecule has 0 saturated carbocycles. The van der Waals surface area contributed by atoms with Gasteiger partial charge in [-0.15, -0.1) is 0 Å². The molecule has 0 atom stereocenters. The van der Waals surface area contributed by atoms with Crippen molar-refractivity contribution in [3.63, 3.8) is 0 Å². The molecule has 0 saturated heterocycles. The number of hydrogen-bond donors (Lipinski definition) is 1. The summed E-state index contributed by atoms with van der Waals surface area (Å²) in [7, 11) is 0. The van der Waals surface area contributed by atoms with Crippen molar-refractivity contribution < 1.29 is 4.39 Å². The van der Waals surface area contributed by atoms with Crippen LogP contribution in [0.5, 0.6) is 0 Å². The first-order chi connectivity index (χ1) is 10.1. The largest absolute Gasteiger partial charge is 0.369 e. The molecule has 0 bridgehead atoms. The molecule has 0 spiro atoms. The Morgan fingerprint density at radius 1 is 1.19 bits per heavy atom. The van der Waals surface area contributed by atoms with Crippen LogP contribution in [0, 0.1) is 5.82 Å². The lowest BCUT2D eigenvalue weighted by atomic mass is 10.1. The van der Waals surface area contributed by atoms with Crippen molar-refractivity contribution in [2.24, 2.45) is 0 Å². The SMILES string of the molecule is Nc1nc2cc(Br)c(F)cc2n1CCCc1ccccc1. The van der Waals surface area contributed by atoms with Crippen LogP contribution in [0.15, 0.2) is 46.9 Å². The van der Waals surface area contributed by atoms with Crippen LogP contribution in [0.2, 0.25) is 0 Å². The lowest BCUT2D eigenvalue weighted by Gasteiger charge is -2.07. The third-order valence-corrected chi connectivity index (χ3v) is 4.12. The van der Waals surface area contributed by atoms with E-state index in [9.17, 15) is 4.39 Å². The molecule has 2 N–H and O–H groups in total. The quantitative estimate of drug-likeness (QED) is 0.770. The molecule has 5 heteroatoms. The van der Waals surface area contributed by atoms with Gasteiger partial charge in [0.1, 0.15) is 5.82 Å². The number of nitrogen functional groups attached to an aromatic ring is 1. The highest BCUT2D eigenvalue weighted by atomic mass is 79.9. The number of aryl methyl sites for hydroxylation is 2. The van der Waals surface area contributed by atoms with Crippen molar-refractivity contribution in [3.05, 3.63) is 58.3 Å². The summed E-state index contributed by atoms with van der Waals surface area (Å²) in [5, 5.41) is 0. The molecular weight excluding hydrogens is 333 g/mol. The Bertz CT molecular complexity index is 768. The van der Waals surface area contributed by atoms with E-state index in [1.54, 1.807) is 6.07 Å². The smallest absolute Gasteiger partial charge is 0.201 e. The van der Waals surface area contributed by atoms with E-state index in [-0.39, 0.29) is 5.82 Å². The zero-order chi connectivity index (χ0) is 14.8. The van der Waals surface area contributed by atoms with Crippen LogP contribution < -0.4 is 5.73 Å². The van der Waals surface area contributed by atoms with Crippen LogP contribution in [0.25, 0.3) is 11.0 Å². The fourth-order valence-corrected chi connectivity index (χ4v) is 2.79. The molecule has 0 aliphatic rings. The topological polar surface area (TPSA) is 43.8 Å². The van der Waals surface area contributed by atoms with E-state index in [0.717, 1.165) is 24.9 Å². The minimum Gasteiger partial charge on any atom is -0.369 e. The maximum absolute atomic E-state index is 13.7. The third-order valence-electron chi connectivity index (χ3n) is 3.51. The number of rotatable bonds is 4. The Labute approximate surface area is 130 Å². The Morgan fingerprint density at radius 3 is 2.71 bits per heavy atom. The molecule has 3 rings (SSSR count). The van der Waals surface area contributed by atoms with Crippen molar-refractivity contribution in [1.29, 1.82) is 0 Å². The van der Waals surface area contributed by atoms with E-state index in [0.29, 0.717) is 15.9 Å². The standard InChI is InChI=1S/C16H15BrFN3/c17-12-9-14-15(10-13(12)18)21(16(19)20-14)8-4-7-11-5-2-1-3-6-11/h1-3,5-6,9-10H,4,7-8H2,(H2,19,20). The summed E-state index contributed by atoms with van der Waals surface area (Å²) < 4.78 is 16.0. The second-order valence-corrected chi connectivity index (χ2v) is 5.82. The van der Waals surface area contributed by atoms with Crippen molar-refractivity contribution in [3.8, 4) is 0 Å². The molecule has 0 unspecified atom stereocenters. The van der Waals surface area contributed by atoms with Gasteiger partial charge in [0, 0.05) is 12.6 Å². The van der Waals surface area contributed by atoms with Crippen LogP contribution in [0.3, 0.4) is 0 Å². The molecule has 21 heavy (non-hydrogen) atoms. The number of nitrogens with two attached hydrogens (primary N) is 1. The van der Waals surface area contributed by atoms with E-state index in [1.165, 1.54) is 11.6 Å². The van der Waals surface area contributed by atoms with Crippen LogP contribution in [0.1, 0.15) is 12.0 Å². The predicted molar refractivity (Wildman–Crippen MR) is 86.6 cm³/mol. The molecule has 108 valence electrons. The summed E-state index contributed by atoms with van der Waals surface area (Å²) in [4.78, 5) is 4.28. The molecular formula is C16H15BrFN3. The number of halogens is 2. The maximum Gasteiger partial charge on any atom is 0.201 e. The molecule has 0 aliphatic heterocycles. The Balaban J connectivity index is 1.80. The first kappa shape index (κ1) is 14.1. The zero-order valence-corrected chi connectivity index (χ0v) is 13.0. The number of nitrogens with zero attached hydrogens (tertiary/aromatic N) is 2. The van der Waals surface area contributed by atoms with Gasteiger partial charge < -0.3 is 10.3 Å². The second kappa shape index (κ2) is 5.85. The highest BCUT2D eigenvalue weighted by molar-refractivity contribution is 9.10. The molecule has 2 aromatic carbocycles. The molecule has 0 radical (unpaired) electrons. The summed E-state index contributed by atoms with van der Waals surface area (Å²) in [6.07, 6.45) is 1.89. The zero-order valence-electron chi connectivity index (χ0n) is 11.4. The van der Waals surface area contributed by atoms with Crippen molar-refractivity contribution in [2.45, 2.75) is 19.4 Å². The number of anilines is 1. The minimum atomic E-state index is -0.299. The third kappa shape index (κ3) is 2.93. The van der Waals surface area contributed by atoms with Crippen molar-refractivity contribution in [1.82, 2.24) is 9.55 Å². The number of aromatic nitrogens is 2. The van der Waals surface area contributed by atoms with E-state index in [4.69, 9.17) is 5.73 Å².